The lowest BCUT2D eigenvalue weighted by molar-refractivity contribution is 0.0603. The van der Waals surface area contributed by atoms with Crippen LogP contribution >= 0.6 is 0 Å². The van der Waals surface area contributed by atoms with Gasteiger partial charge >= 0.3 is 0 Å². The van der Waals surface area contributed by atoms with Crippen molar-refractivity contribution in [2.45, 2.75) is 25.3 Å². The highest BCUT2D eigenvalue weighted by molar-refractivity contribution is 5.09. The molecule has 0 spiro atoms. The van der Waals surface area contributed by atoms with Gasteiger partial charge in [-0.05, 0) is 37.3 Å². The summed E-state index contributed by atoms with van der Waals surface area (Å²) in [6, 6.07) is 3.08. The Balaban J connectivity index is 1.97. The molecule has 0 bridgehead atoms. The monoisotopic (exact) mass is 239 g/mol. The number of hydrogen-bond donors (Lipinski definition) is 2. The van der Waals surface area contributed by atoms with E-state index < -0.39 is 0 Å². The molecule has 0 amide bonds. The summed E-state index contributed by atoms with van der Waals surface area (Å²) in [5.41, 5.74) is 3.55. The molecule has 1 aromatic rings. The summed E-state index contributed by atoms with van der Waals surface area (Å²) >= 11 is 0. The van der Waals surface area contributed by atoms with E-state index in [0.29, 0.717) is 5.92 Å². The van der Waals surface area contributed by atoms with Crippen LogP contribution in [0.1, 0.15) is 31.0 Å². The molecule has 1 aliphatic rings. The molecule has 1 unspecified atom stereocenters. The van der Waals surface area contributed by atoms with E-state index in [1.165, 1.54) is 12.3 Å². The third kappa shape index (κ3) is 3.46. The molecule has 5 heteroatoms. The first kappa shape index (κ1) is 12.4. The van der Waals surface area contributed by atoms with Gasteiger partial charge in [0, 0.05) is 13.2 Å². The molecule has 2 heterocycles. The number of nitrogens with one attached hydrogen (secondary N) is 1. The zero-order chi connectivity index (χ0) is 12.1. The van der Waals surface area contributed by atoms with Gasteiger partial charge in [-0.2, -0.15) is 0 Å². The van der Waals surface area contributed by atoms with E-state index in [1.807, 2.05) is 0 Å². The summed E-state index contributed by atoms with van der Waals surface area (Å²) in [5.74, 6) is 5.82. The Morgan fingerprint density at radius 1 is 1.47 bits per heavy atom. The maximum atomic E-state index is 12.8. The third-order valence-electron chi connectivity index (χ3n) is 3.22. The van der Waals surface area contributed by atoms with Crippen molar-refractivity contribution in [3.8, 4) is 0 Å². The van der Waals surface area contributed by atoms with Crippen LogP contribution in [0.25, 0.3) is 0 Å². The Hall–Kier alpha value is -1.04. The summed E-state index contributed by atoms with van der Waals surface area (Å²) in [5, 5.41) is 0. The molecule has 1 saturated heterocycles. The number of nitrogens with zero attached hydrogens (tertiary/aromatic N) is 1. The van der Waals surface area contributed by atoms with Crippen molar-refractivity contribution < 1.29 is 9.13 Å². The van der Waals surface area contributed by atoms with Crippen LogP contribution in [0, 0.1) is 11.7 Å². The zero-order valence-corrected chi connectivity index (χ0v) is 9.73. The molecule has 1 aromatic heterocycles. The zero-order valence-electron chi connectivity index (χ0n) is 9.73. The largest absolute Gasteiger partial charge is 0.381 e. The molecule has 1 fully saturated rings. The summed E-state index contributed by atoms with van der Waals surface area (Å²) < 4.78 is 18.1. The normalized spacial score (nSPS) is 19.2. The minimum Gasteiger partial charge on any atom is -0.381 e. The Bertz CT molecular complexity index is 338. The maximum absolute atomic E-state index is 12.8. The van der Waals surface area contributed by atoms with Crippen molar-refractivity contribution in [1.29, 1.82) is 0 Å². The fourth-order valence-corrected chi connectivity index (χ4v) is 2.18. The number of nitrogens with two attached hydrogens (primary N) is 1. The number of ether oxygens (including phenoxy) is 1. The quantitative estimate of drug-likeness (QED) is 0.618. The minimum atomic E-state index is -0.324. The average Bonchev–Trinajstić information content (AvgIpc) is 2.38. The van der Waals surface area contributed by atoms with E-state index in [1.54, 1.807) is 6.07 Å². The van der Waals surface area contributed by atoms with Crippen molar-refractivity contribution in [2.24, 2.45) is 11.8 Å². The Labute approximate surface area is 100 Å². The average molecular weight is 239 g/mol. The van der Waals surface area contributed by atoms with Crippen LogP contribution in [0.4, 0.5) is 4.39 Å². The van der Waals surface area contributed by atoms with Crippen LogP contribution in [0.3, 0.4) is 0 Å². The standard InChI is InChI=1S/C12H18FN3O/c13-10-1-2-11(15-8-10)12(16-14)7-9-3-5-17-6-4-9/h1-2,8-9,12,16H,3-7,14H2. The Morgan fingerprint density at radius 2 is 2.24 bits per heavy atom. The maximum Gasteiger partial charge on any atom is 0.141 e. The summed E-state index contributed by atoms with van der Waals surface area (Å²) in [6.45, 7) is 1.64. The molecule has 2 rings (SSSR count). The number of hydrogen-bond acceptors (Lipinski definition) is 4. The van der Waals surface area contributed by atoms with Crippen LogP contribution in [-0.4, -0.2) is 18.2 Å². The van der Waals surface area contributed by atoms with Gasteiger partial charge in [0.15, 0.2) is 0 Å². The molecule has 0 aromatic carbocycles. The molecule has 3 N–H and O–H groups in total. The lowest BCUT2D eigenvalue weighted by Crippen LogP contribution is -2.31. The van der Waals surface area contributed by atoms with Gasteiger partial charge < -0.3 is 4.74 Å². The molecular weight excluding hydrogens is 221 g/mol. The molecule has 0 radical (unpaired) electrons. The molecule has 4 nitrogen and oxygen atoms in total. The van der Waals surface area contributed by atoms with Crippen molar-refractivity contribution in [3.05, 3.63) is 29.8 Å². The summed E-state index contributed by atoms with van der Waals surface area (Å²) in [4.78, 5) is 4.07. The predicted octanol–water partition coefficient (Wildman–Crippen LogP) is 1.54. The van der Waals surface area contributed by atoms with Crippen molar-refractivity contribution in [2.75, 3.05) is 13.2 Å². The van der Waals surface area contributed by atoms with Crippen molar-refractivity contribution in [3.63, 3.8) is 0 Å². The Morgan fingerprint density at radius 3 is 2.82 bits per heavy atom. The lowest BCUT2D eigenvalue weighted by Gasteiger charge is -2.26. The van der Waals surface area contributed by atoms with Crippen LogP contribution in [0.5, 0.6) is 0 Å². The molecule has 0 saturated carbocycles. The fraction of sp³-hybridized carbons (Fsp3) is 0.583. The molecular formula is C12H18FN3O. The van der Waals surface area contributed by atoms with Gasteiger partial charge in [0.05, 0.1) is 17.9 Å². The highest BCUT2D eigenvalue weighted by Gasteiger charge is 2.20. The number of hydrazine groups is 1. The Kier molecular flexibility index (Phi) is 4.42. The molecule has 1 aliphatic heterocycles. The van der Waals surface area contributed by atoms with Crippen LogP contribution < -0.4 is 11.3 Å². The number of rotatable bonds is 4. The van der Waals surface area contributed by atoms with E-state index in [9.17, 15) is 4.39 Å². The first-order valence-electron chi connectivity index (χ1n) is 5.95. The van der Waals surface area contributed by atoms with Gasteiger partial charge in [-0.3, -0.25) is 16.3 Å². The van der Waals surface area contributed by atoms with Crippen LogP contribution in [0.15, 0.2) is 18.3 Å². The number of halogens is 1. The highest BCUT2D eigenvalue weighted by atomic mass is 19.1. The van der Waals surface area contributed by atoms with Gasteiger partial charge in [0.2, 0.25) is 0 Å². The molecule has 0 aliphatic carbocycles. The van der Waals surface area contributed by atoms with Gasteiger partial charge in [-0.25, -0.2) is 4.39 Å². The second kappa shape index (κ2) is 6.05. The number of aromatic nitrogens is 1. The van der Waals surface area contributed by atoms with E-state index in [-0.39, 0.29) is 11.9 Å². The first-order valence-corrected chi connectivity index (χ1v) is 5.95. The number of pyridine rings is 1. The topological polar surface area (TPSA) is 60.2 Å². The van der Waals surface area contributed by atoms with Crippen LogP contribution in [0.2, 0.25) is 0 Å². The second-order valence-corrected chi connectivity index (χ2v) is 4.41. The summed E-state index contributed by atoms with van der Waals surface area (Å²) in [6.07, 6.45) is 4.25. The molecule has 1 atom stereocenters. The van der Waals surface area contributed by atoms with Crippen LogP contribution in [-0.2, 0) is 4.74 Å². The predicted molar refractivity (Wildman–Crippen MR) is 62.4 cm³/mol. The molecule has 94 valence electrons. The second-order valence-electron chi connectivity index (χ2n) is 4.41. The van der Waals surface area contributed by atoms with E-state index in [0.717, 1.165) is 38.2 Å². The van der Waals surface area contributed by atoms with E-state index in [4.69, 9.17) is 10.6 Å². The van der Waals surface area contributed by atoms with Crippen molar-refractivity contribution in [1.82, 2.24) is 10.4 Å². The van der Waals surface area contributed by atoms with E-state index >= 15 is 0 Å². The van der Waals surface area contributed by atoms with E-state index in [2.05, 4.69) is 10.4 Å². The van der Waals surface area contributed by atoms with Gasteiger partial charge in [0.1, 0.15) is 5.82 Å². The van der Waals surface area contributed by atoms with Gasteiger partial charge in [-0.1, -0.05) is 0 Å². The van der Waals surface area contributed by atoms with Gasteiger partial charge in [-0.15, -0.1) is 0 Å². The molecule has 17 heavy (non-hydrogen) atoms. The highest BCUT2D eigenvalue weighted by Crippen LogP contribution is 2.26. The smallest absolute Gasteiger partial charge is 0.141 e. The summed E-state index contributed by atoms with van der Waals surface area (Å²) in [7, 11) is 0. The fourth-order valence-electron chi connectivity index (χ4n) is 2.18. The third-order valence-corrected chi connectivity index (χ3v) is 3.22. The van der Waals surface area contributed by atoms with Crippen molar-refractivity contribution >= 4 is 0 Å². The van der Waals surface area contributed by atoms with Gasteiger partial charge in [0.25, 0.3) is 0 Å². The first-order chi connectivity index (χ1) is 8.29. The lowest BCUT2D eigenvalue weighted by atomic mass is 9.91. The minimum absolute atomic E-state index is 0.0151. The SMILES string of the molecule is NNC(CC1CCOCC1)c1ccc(F)cn1.